The molecule has 2 heterocycles. The van der Waals surface area contributed by atoms with Gasteiger partial charge >= 0.3 is 0 Å². The number of carbonyl (C=O) groups excluding carboxylic acids is 2. The Labute approximate surface area is 160 Å². The van der Waals surface area contributed by atoms with Gasteiger partial charge in [0.05, 0.1) is 5.57 Å². The number of thiophene rings is 1. The number of nitrogens with one attached hydrogen (secondary N) is 1. The van der Waals surface area contributed by atoms with Gasteiger partial charge in [-0.3, -0.25) is 9.59 Å². The molecule has 4 aromatic rings. The van der Waals surface area contributed by atoms with E-state index in [0.717, 1.165) is 27.0 Å². The Kier molecular flexibility index (Phi) is 3.49. The van der Waals surface area contributed by atoms with Gasteiger partial charge in [-0.2, -0.15) is 0 Å². The summed E-state index contributed by atoms with van der Waals surface area (Å²) in [4.78, 5) is 31.1. The molecule has 1 aliphatic rings. The number of rotatable bonds is 2. The van der Waals surface area contributed by atoms with Gasteiger partial charge in [0.2, 0.25) is 0 Å². The third kappa shape index (κ3) is 2.27. The average molecular weight is 369 g/mol. The molecule has 0 bridgehead atoms. The summed E-state index contributed by atoms with van der Waals surface area (Å²) in [6.07, 6.45) is 0. The fourth-order valence-electron chi connectivity index (χ4n) is 3.87. The lowest BCUT2D eigenvalue weighted by Gasteiger charge is -2.21. The van der Waals surface area contributed by atoms with Crippen LogP contribution in [-0.2, 0) is 0 Å². The molecule has 0 saturated heterocycles. The molecular weight excluding hydrogens is 354 g/mol. The van der Waals surface area contributed by atoms with Crippen LogP contribution in [0, 0.1) is 6.92 Å². The number of H-pyrrole nitrogens is 1. The van der Waals surface area contributed by atoms with E-state index >= 15 is 0 Å². The van der Waals surface area contributed by atoms with Gasteiger partial charge in [0, 0.05) is 43.7 Å². The average Bonchev–Trinajstić information content (AvgIpc) is 3.32. The van der Waals surface area contributed by atoms with Crippen LogP contribution in [-0.4, -0.2) is 16.6 Å². The molecule has 0 amide bonds. The fourth-order valence-corrected chi connectivity index (χ4v) is 4.64. The summed E-state index contributed by atoms with van der Waals surface area (Å²) in [5.41, 5.74) is 4.62. The minimum atomic E-state index is -0.0959. The molecule has 1 N–H and O–H groups in total. The number of ketones is 2. The molecule has 4 heteroatoms. The first kappa shape index (κ1) is 16.0. The predicted octanol–water partition coefficient (Wildman–Crippen LogP) is 5.53. The van der Waals surface area contributed by atoms with E-state index in [-0.39, 0.29) is 11.6 Å². The van der Waals surface area contributed by atoms with Gasteiger partial charge in [0.15, 0.2) is 11.6 Å². The van der Waals surface area contributed by atoms with Crippen molar-refractivity contribution in [3.05, 3.63) is 93.3 Å². The fraction of sp³-hybridized carbons (Fsp3) is 0.0435. The van der Waals surface area contributed by atoms with Crippen molar-refractivity contribution < 1.29 is 9.59 Å². The van der Waals surface area contributed by atoms with Crippen molar-refractivity contribution in [2.45, 2.75) is 6.92 Å². The number of Topliss-reactive ketones (excluding diaryl/α,β-unsaturated/α-hetero) is 2. The minimum Gasteiger partial charge on any atom is -0.358 e. The second kappa shape index (κ2) is 5.89. The first-order valence-electron chi connectivity index (χ1n) is 8.71. The Morgan fingerprint density at radius 2 is 1.44 bits per heavy atom. The summed E-state index contributed by atoms with van der Waals surface area (Å²) in [6.45, 7) is 1.95. The van der Waals surface area contributed by atoms with Gasteiger partial charge < -0.3 is 4.98 Å². The van der Waals surface area contributed by atoms with E-state index in [1.807, 2.05) is 48.7 Å². The summed E-state index contributed by atoms with van der Waals surface area (Å²) in [6, 6.07) is 18.8. The van der Waals surface area contributed by atoms with E-state index in [0.29, 0.717) is 22.3 Å². The third-order valence-corrected chi connectivity index (χ3v) is 5.92. The number of hydrogen-bond acceptors (Lipinski definition) is 3. The number of hydrogen-bond donors (Lipinski definition) is 1. The highest BCUT2D eigenvalue weighted by Crippen LogP contribution is 2.42. The molecule has 0 atom stereocenters. The van der Waals surface area contributed by atoms with Gasteiger partial charge in [0.25, 0.3) is 0 Å². The number of allylic oxidation sites excluding steroid dienone is 2. The second-order valence-electron chi connectivity index (χ2n) is 6.60. The second-order valence-corrected chi connectivity index (χ2v) is 7.55. The van der Waals surface area contributed by atoms with E-state index in [9.17, 15) is 9.59 Å². The number of aromatic nitrogens is 1. The van der Waals surface area contributed by atoms with Crippen LogP contribution in [0.2, 0.25) is 0 Å². The number of fused-ring (bicyclic) bond motifs is 2. The Bertz CT molecular complexity index is 1260. The predicted molar refractivity (Wildman–Crippen MR) is 109 cm³/mol. The van der Waals surface area contributed by atoms with Crippen molar-refractivity contribution in [1.82, 2.24) is 4.98 Å². The molecule has 2 aromatic heterocycles. The highest BCUT2D eigenvalue weighted by molar-refractivity contribution is 7.11. The van der Waals surface area contributed by atoms with Crippen LogP contribution in [0.25, 0.3) is 22.0 Å². The molecule has 3 nitrogen and oxygen atoms in total. The molecule has 130 valence electrons. The van der Waals surface area contributed by atoms with Crippen molar-refractivity contribution in [2.75, 3.05) is 0 Å². The molecule has 5 rings (SSSR count). The van der Waals surface area contributed by atoms with Crippen LogP contribution in [0.3, 0.4) is 0 Å². The lowest BCUT2D eigenvalue weighted by Crippen LogP contribution is -2.20. The maximum atomic E-state index is 13.5. The van der Waals surface area contributed by atoms with Crippen LogP contribution >= 0.6 is 11.3 Å². The normalized spacial score (nSPS) is 14.1. The molecule has 0 aliphatic heterocycles. The highest BCUT2D eigenvalue weighted by Gasteiger charge is 2.35. The van der Waals surface area contributed by atoms with Crippen molar-refractivity contribution in [2.24, 2.45) is 0 Å². The molecule has 0 saturated carbocycles. The molecular formula is C23H15NO2S. The lowest BCUT2D eigenvalue weighted by molar-refractivity contribution is 0.101. The molecule has 27 heavy (non-hydrogen) atoms. The van der Waals surface area contributed by atoms with E-state index in [1.54, 1.807) is 24.3 Å². The van der Waals surface area contributed by atoms with E-state index < -0.39 is 0 Å². The van der Waals surface area contributed by atoms with Crippen LogP contribution in [0.1, 0.15) is 36.9 Å². The summed E-state index contributed by atoms with van der Waals surface area (Å²) in [5, 5.41) is 2.89. The van der Waals surface area contributed by atoms with E-state index in [4.69, 9.17) is 0 Å². The molecule has 0 spiro atoms. The summed E-state index contributed by atoms with van der Waals surface area (Å²) < 4.78 is 0. The quantitative estimate of drug-likeness (QED) is 0.505. The molecule has 0 radical (unpaired) electrons. The topological polar surface area (TPSA) is 49.9 Å². The largest absolute Gasteiger partial charge is 0.358 e. The summed E-state index contributed by atoms with van der Waals surface area (Å²) in [7, 11) is 0. The van der Waals surface area contributed by atoms with E-state index in [2.05, 4.69) is 4.98 Å². The Balaban J connectivity index is 1.91. The number of para-hydroxylation sites is 1. The number of aromatic amines is 1. The van der Waals surface area contributed by atoms with Gasteiger partial charge in [-0.1, -0.05) is 48.5 Å². The van der Waals surface area contributed by atoms with Gasteiger partial charge in [0.1, 0.15) is 0 Å². The zero-order valence-corrected chi connectivity index (χ0v) is 15.4. The molecule has 1 aliphatic carbocycles. The molecule has 0 unspecified atom stereocenters. The number of carbonyl (C=O) groups is 2. The summed E-state index contributed by atoms with van der Waals surface area (Å²) >= 11 is 1.48. The Morgan fingerprint density at radius 3 is 2.15 bits per heavy atom. The minimum absolute atomic E-state index is 0.0904. The van der Waals surface area contributed by atoms with E-state index in [1.165, 1.54) is 11.3 Å². The zero-order chi connectivity index (χ0) is 18.5. The maximum absolute atomic E-state index is 13.5. The van der Waals surface area contributed by atoms with Crippen LogP contribution in [0.15, 0.2) is 66.0 Å². The van der Waals surface area contributed by atoms with Crippen LogP contribution in [0.5, 0.6) is 0 Å². The van der Waals surface area contributed by atoms with Gasteiger partial charge in [-0.05, 0) is 24.4 Å². The van der Waals surface area contributed by atoms with Gasteiger partial charge in [-0.25, -0.2) is 0 Å². The van der Waals surface area contributed by atoms with Crippen LogP contribution < -0.4 is 0 Å². The molecule has 2 aromatic carbocycles. The Hall–Kier alpha value is -3.24. The zero-order valence-electron chi connectivity index (χ0n) is 14.6. The van der Waals surface area contributed by atoms with Crippen molar-refractivity contribution in [1.29, 1.82) is 0 Å². The first-order chi connectivity index (χ1) is 13.2. The lowest BCUT2D eigenvalue weighted by atomic mass is 9.80. The van der Waals surface area contributed by atoms with Gasteiger partial charge in [-0.15, -0.1) is 11.3 Å². The Morgan fingerprint density at radius 1 is 0.778 bits per heavy atom. The monoisotopic (exact) mass is 369 g/mol. The van der Waals surface area contributed by atoms with Crippen LogP contribution in [0.4, 0.5) is 0 Å². The SMILES string of the molecule is Cc1[nH]c2ccccc2c1C1=C(c2cccs2)C(=O)c2ccccc2C1=O. The maximum Gasteiger partial charge on any atom is 0.195 e. The van der Waals surface area contributed by atoms with Crippen molar-refractivity contribution in [3.63, 3.8) is 0 Å². The summed E-state index contributed by atoms with van der Waals surface area (Å²) in [5.74, 6) is -0.186. The number of aryl methyl sites for hydroxylation is 1. The standard InChI is InChI=1S/C23H15NO2S/c1-13-19(16-9-4-5-10-17(16)24-13)21-20(18-11-6-12-27-18)22(25)14-7-2-3-8-15(14)23(21)26/h2-12,24H,1H3. The van der Waals surface area contributed by atoms with Crippen molar-refractivity contribution in [3.8, 4) is 0 Å². The highest BCUT2D eigenvalue weighted by atomic mass is 32.1. The molecule has 0 fully saturated rings. The van der Waals surface area contributed by atoms with Crippen molar-refractivity contribution >= 4 is 45.0 Å². The number of benzene rings is 2. The smallest absolute Gasteiger partial charge is 0.195 e. The first-order valence-corrected chi connectivity index (χ1v) is 9.59. The third-order valence-electron chi connectivity index (χ3n) is 5.03.